The zero-order chi connectivity index (χ0) is 61.7. The summed E-state index contributed by atoms with van der Waals surface area (Å²) in [6.07, 6.45) is 2.24. The molecule has 0 aliphatic rings. The molecular weight excluding hydrogens is 1090 g/mol. The lowest BCUT2D eigenvalue weighted by Crippen LogP contribution is -2.57. The number of hydrogen-bond donors (Lipinski definition) is 12. The summed E-state index contributed by atoms with van der Waals surface area (Å²) in [5, 5.41) is 58.9. The van der Waals surface area contributed by atoms with Gasteiger partial charge in [-0.25, -0.2) is 19.2 Å². The van der Waals surface area contributed by atoms with Gasteiger partial charge in [-0.1, -0.05) is 84.3 Å². The molecule has 0 saturated heterocycles. The van der Waals surface area contributed by atoms with Crippen LogP contribution < -0.4 is 43.0 Å². The minimum absolute atomic E-state index is 0.0383. The number of urea groups is 1. The van der Waals surface area contributed by atoms with E-state index in [1.165, 1.54) is 17.0 Å². The van der Waals surface area contributed by atoms with Crippen molar-refractivity contribution >= 4 is 65.4 Å². The van der Waals surface area contributed by atoms with Crippen LogP contribution in [0.2, 0.25) is 0 Å². The number of carbonyl (C=O) groups is 11. The van der Waals surface area contributed by atoms with E-state index >= 15 is 0 Å². The molecule has 3 aromatic rings. The Bertz CT molecular complexity index is 2680. The predicted octanol–water partition coefficient (Wildman–Crippen LogP) is 3.30. The molecule has 84 heavy (non-hydrogen) atoms. The number of aliphatic carboxylic acids is 3. The number of benzene rings is 3. The Labute approximate surface area is 486 Å². The average molecular weight is 1170 g/mol. The summed E-state index contributed by atoms with van der Waals surface area (Å²) in [4.78, 5) is 144. The first-order chi connectivity index (χ1) is 40.3. The number of unbranched alkanes of at least 4 members (excludes halogenated alkanes) is 4. The quantitative estimate of drug-likeness (QED) is 0.0168. The van der Waals surface area contributed by atoms with Crippen molar-refractivity contribution in [3.8, 4) is 0 Å². The summed E-state index contributed by atoms with van der Waals surface area (Å²) in [7, 11) is 0. The maximum atomic E-state index is 14.2. The number of azide groups is 1. The molecule has 27 heteroatoms. The third kappa shape index (κ3) is 28.5. The molecule has 0 aliphatic carbocycles. The van der Waals surface area contributed by atoms with Crippen molar-refractivity contribution < 1.29 is 73.2 Å². The Balaban J connectivity index is 1.58. The fraction of sp³-hybridized carbons (Fsp3) is 0.491. The van der Waals surface area contributed by atoms with Crippen molar-refractivity contribution in [1.29, 1.82) is 0 Å². The summed E-state index contributed by atoms with van der Waals surface area (Å²) in [6.45, 7) is 1.22. The van der Waals surface area contributed by atoms with Gasteiger partial charge in [0.25, 0.3) is 0 Å². The first kappa shape index (κ1) is 69.2. The van der Waals surface area contributed by atoms with E-state index in [9.17, 15) is 68.1 Å². The van der Waals surface area contributed by atoms with Gasteiger partial charge in [0.2, 0.25) is 35.4 Å². The highest BCUT2D eigenvalue weighted by Crippen LogP contribution is 2.15. The van der Waals surface area contributed by atoms with Crippen molar-refractivity contribution in [1.82, 2.24) is 42.1 Å². The third-order valence-corrected chi connectivity index (χ3v) is 13.1. The average Bonchev–Trinajstić information content (AvgIpc) is 3.68. The number of hydrogen-bond acceptors (Lipinski definition) is 13. The van der Waals surface area contributed by atoms with E-state index in [0.717, 1.165) is 0 Å². The largest absolute Gasteiger partial charge is 0.481 e. The van der Waals surface area contributed by atoms with Crippen LogP contribution >= 0.6 is 0 Å². The normalized spacial score (nSPS) is 12.5. The van der Waals surface area contributed by atoms with Gasteiger partial charge in [-0.05, 0) is 105 Å². The second kappa shape index (κ2) is 39.4. The first-order valence-corrected chi connectivity index (χ1v) is 27.9. The highest BCUT2D eigenvalue weighted by molar-refractivity contribution is 5.95. The van der Waals surface area contributed by atoms with Gasteiger partial charge in [-0.15, -0.1) is 0 Å². The van der Waals surface area contributed by atoms with Crippen LogP contribution in [0, 0.1) is 0 Å². The predicted molar refractivity (Wildman–Crippen MR) is 305 cm³/mol. The molecule has 0 aliphatic heterocycles. The van der Waals surface area contributed by atoms with Gasteiger partial charge in [0, 0.05) is 76.2 Å². The van der Waals surface area contributed by atoms with Crippen LogP contribution in [0.3, 0.4) is 0 Å². The van der Waals surface area contributed by atoms with E-state index in [1.54, 1.807) is 72.8 Å². The molecule has 0 heterocycles. The number of aromatic carboxylic acids is 1. The number of nitrogens with two attached hydrogens (primary N) is 1. The maximum absolute atomic E-state index is 14.2. The molecule has 5 atom stereocenters. The van der Waals surface area contributed by atoms with Crippen LogP contribution in [-0.2, 0) is 62.5 Å². The molecule has 0 fully saturated rings. The Morgan fingerprint density at radius 3 is 1.63 bits per heavy atom. The topological polar surface area (TPSA) is 431 Å². The minimum Gasteiger partial charge on any atom is -0.481 e. The van der Waals surface area contributed by atoms with E-state index < -0.39 is 102 Å². The van der Waals surface area contributed by atoms with Gasteiger partial charge in [0.15, 0.2) is 0 Å². The van der Waals surface area contributed by atoms with E-state index in [-0.39, 0.29) is 102 Å². The molecule has 27 nitrogen and oxygen atoms in total. The van der Waals surface area contributed by atoms with Crippen molar-refractivity contribution in [3.05, 3.63) is 118 Å². The third-order valence-electron chi connectivity index (χ3n) is 13.1. The monoisotopic (exact) mass is 1170 g/mol. The summed E-state index contributed by atoms with van der Waals surface area (Å²) in [5.41, 5.74) is 16.4. The van der Waals surface area contributed by atoms with Crippen LogP contribution in [0.1, 0.15) is 123 Å². The van der Waals surface area contributed by atoms with Crippen LogP contribution in [-0.4, -0.2) is 154 Å². The first-order valence-electron chi connectivity index (χ1n) is 27.9. The van der Waals surface area contributed by atoms with Crippen molar-refractivity contribution in [3.63, 3.8) is 0 Å². The van der Waals surface area contributed by atoms with Crippen molar-refractivity contribution in [2.24, 2.45) is 10.8 Å². The minimum atomic E-state index is -1.58. The lowest BCUT2D eigenvalue weighted by Gasteiger charge is -2.26. The van der Waals surface area contributed by atoms with E-state index in [2.05, 4.69) is 47.2 Å². The molecule has 3 rings (SSSR count). The molecule has 0 unspecified atom stereocenters. The number of rotatable bonds is 42. The Morgan fingerprint density at radius 2 is 1.06 bits per heavy atom. The molecule has 0 radical (unpaired) electrons. The molecule has 0 bridgehead atoms. The molecule has 3 aromatic carbocycles. The van der Waals surface area contributed by atoms with Crippen LogP contribution in [0.15, 0.2) is 90.0 Å². The van der Waals surface area contributed by atoms with Gasteiger partial charge in [0.1, 0.15) is 30.2 Å². The van der Waals surface area contributed by atoms with Crippen LogP contribution in [0.4, 0.5) is 4.79 Å². The van der Waals surface area contributed by atoms with Crippen LogP contribution in [0.5, 0.6) is 0 Å². The number of carboxylic acids is 4. The maximum Gasteiger partial charge on any atom is 0.335 e. The lowest BCUT2D eigenvalue weighted by molar-refractivity contribution is -0.141. The molecule has 0 saturated carbocycles. The molecule has 0 spiro atoms. The number of carbonyl (C=O) groups excluding carboxylic acids is 7. The number of carboxylic acid groups (broad SMARTS) is 4. The number of amides is 8. The van der Waals surface area contributed by atoms with Gasteiger partial charge in [-0.3, -0.25) is 33.6 Å². The Hall–Kier alpha value is -9.10. The zero-order valence-corrected chi connectivity index (χ0v) is 46.9. The fourth-order valence-corrected chi connectivity index (χ4v) is 8.56. The van der Waals surface area contributed by atoms with Gasteiger partial charge in [0.05, 0.1) is 5.56 Å². The van der Waals surface area contributed by atoms with Crippen molar-refractivity contribution in [2.75, 3.05) is 32.7 Å². The lowest BCUT2D eigenvalue weighted by atomic mass is 10.0. The number of nitrogens with zero attached hydrogens (tertiary/aromatic N) is 4. The Kier molecular flexibility index (Phi) is 32.4. The molecule has 0 aromatic heterocycles. The van der Waals surface area contributed by atoms with E-state index in [0.29, 0.717) is 61.8 Å². The summed E-state index contributed by atoms with van der Waals surface area (Å²) in [5.74, 6) is -8.40. The smallest absolute Gasteiger partial charge is 0.335 e. The fourth-order valence-electron chi connectivity index (χ4n) is 8.56. The molecule has 13 N–H and O–H groups in total. The SMILES string of the molecule is [N-]=[N+]=NCCCNC(=O)[C@H](CCCCN)NC(=O)[C@H](Cc1ccccc1)NC(=O)[C@H](Cc1ccccc1)NC(=O)CCC(=O)NCCCCCC(=O)N(CCCC[C@H](NC(=O)N[C@@H](CCC(=O)O)C(=O)O)C(=O)O)Cc1ccc(C(=O)O)cc1. The Morgan fingerprint density at radius 1 is 0.512 bits per heavy atom. The van der Waals surface area contributed by atoms with Crippen LogP contribution in [0.25, 0.3) is 10.4 Å². The van der Waals surface area contributed by atoms with E-state index in [4.69, 9.17) is 16.4 Å². The molecule has 456 valence electrons. The van der Waals surface area contributed by atoms with Gasteiger partial charge < -0.3 is 68.3 Å². The molecular formula is C57H78N12O15. The highest BCUT2D eigenvalue weighted by Gasteiger charge is 2.31. The van der Waals surface area contributed by atoms with E-state index in [1.807, 2.05) is 0 Å². The summed E-state index contributed by atoms with van der Waals surface area (Å²) in [6, 6.07) is 16.3. The zero-order valence-electron chi connectivity index (χ0n) is 46.9. The van der Waals surface area contributed by atoms with Gasteiger partial charge >= 0.3 is 29.9 Å². The molecule has 8 amide bonds. The van der Waals surface area contributed by atoms with Crippen molar-refractivity contribution in [2.45, 2.75) is 146 Å². The standard InChI is InChI=1S/C57H78N12O15/c58-30-11-9-19-42(51(75)61-32-14-33-62-68-59)64-53(77)46(36-39-17-6-2-7-18-39)65-52(76)45(35-38-15-4-1-5-16-38)63-48(71)28-27-47(70)60-31-12-3-8-21-49(72)69(37-40-22-24-41(25-23-40)54(78)79)34-13-10-20-43(55(80)81)66-57(84)67-44(56(82)83)26-29-50(73)74/h1-2,4-7,15-18,22-25,42-46H,3,8-14,19-21,26-37,58H2,(H,60,70)(H,61,75)(H,63,71)(H,64,77)(H,65,76)(H,73,74)(H,78,79)(H,80,81)(H,82,83)(H2,66,67,84)/t42-,43-,44-,45-,46-/m0/s1. The summed E-state index contributed by atoms with van der Waals surface area (Å²) < 4.78 is 0. The second-order valence-electron chi connectivity index (χ2n) is 19.8. The highest BCUT2D eigenvalue weighted by atomic mass is 16.4. The summed E-state index contributed by atoms with van der Waals surface area (Å²) >= 11 is 0. The second-order valence-corrected chi connectivity index (χ2v) is 19.8. The van der Waals surface area contributed by atoms with Gasteiger partial charge in [-0.2, -0.15) is 0 Å². The number of nitrogens with one attached hydrogen (secondary N) is 7.